The Kier molecular flexibility index (Phi) is 27.8. The van der Waals surface area contributed by atoms with Crippen LogP contribution in [0.15, 0.2) is 0 Å². The average Bonchev–Trinajstić information content (AvgIpc) is 1.97. The summed E-state index contributed by atoms with van der Waals surface area (Å²) < 4.78 is 0. The van der Waals surface area contributed by atoms with E-state index in [1.54, 1.807) is 0 Å². The molecule has 0 unspecified atom stereocenters. The van der Waals surface area contributed by atoms with Crippen molar-refractivity contribution in [2.24, 2.45) is 0 Å². The Morgan fingerprint density at radius 1 is 0.833 bits per heavy atom. The zero-order chi connectivity index (χ0) is 7.66. The Hall–Kier alpha value is 0.913. The molecule has 0 heterocycles. The van der Waals surface area contributed by atoms with E-state index >= 15 is 0 Å². The van der Waals surface area contributed by atoms with Crippen LogP contribution in [0.2, 0.25) is 0 Å². The molecule has 0 saturated heterocycles. The second kappa shape index (κ2) is 17.9. The van der Waals surface area contributed by atoms with Gasteiger partial charge >= 0.3 is 19.5 Å². The SMILES string of the molecule is [CH2-]CCCCCCCCC.[Cl-].[Zn+2]. The smallest absolute Gasteiger partial charge is 1.00 e. The summed E-state index contributed by atoms with van der Waals surface area (Å²) >= 11 is 0. The van der Waals surface area contributed by atoms with Crippen LogP contribution in [0.5, 0.6) is 0 Å². The van der Waals surface area contributed by atoms with Gasteiger partial charge in [-0.1, -0.05) is 51.9 Å². The summed E-state index contributed by atoms with van der Waals surface area (Å²) in [5.74, 6) is 0. The minimum absolute atomic E-state index is 0. The van der Waals surface area contributed by atoms with Crippen LogP contribution in [0, 0.1) is 6.92 Å². The second-order valence-corrected chi connectivity index (χ2v) is 2.97. The summed E-state index contributed by atoms with van der Waals surface area (Å²) in [5.41, 5.74) is 0. The van der Waals surface area contributed by atoms with Crippen molar-refractivity contribution in [2.75, 3.05) is 0 Å². The molecule has 0 spiro atoms. The van der Waals surface area contributed by atoms with E-state index in [2.05, 4.69) is 13.8 Å². The molecule has 0 aliphatic heterocycles. The van der Waals surface area contributed by atoms with Crippen LogP contribution in [0.25, 0.3) is 0 Å². The van der Waals surface area contributed by atoms with Gasteiger partial charge in [0.2, 0.25) is 0 Å². The van der Waals surface area contributed by atoms with Gasteiger partial charge in [-0.05, 0) is 0 Å². The van der Waals surface area contributed by atoms with Crippen molar-refractivity contribution < 1.29 is 31.9 Å². The molecule has 0 atom stereocenters. The number of hydrogen-bond acceptors (Lipinski definition) is 0. The van der Waals surface area contributed by atoms with Crippen LogP contribution >= 0.6 is 0 Å². The first kappa shape index (κ1) is 18.6. The fraction of sp³-hybridized carbons (Fsp3) is 0.900. The molecule has 0 bridgehead atoms. The van der Waals surface area contributed by atoms with Crippen LogP contribution in [-0.4, -0.2) is 0 Å². The Balaban J connectivity index is -0.000000405. The molecule has 0 rings (SSSR count). The first-order valence-electron chi connectivity index (χ1n) is 4.71. The molecule has 0 saturated carbocycles. The van der Waals surface area contributed by atoms with E-state index in [1.165, 1.54) is 44.9 Å². The number of rotatable bonds is 7. The summed E-state index contributed by atoms with van der Waals surface area (Å²) in [6, 6.07) is 0. The molecular weight excluding hydrogens is 221 g/mol. The predicted molar refractivity (Wildman–Crippen MR) is 48.0 cm³/mol. The van der Waals surface area contributed by atoms with Crippen LogP contribution in [0.4, 0.5) is 0 Å². The van der Waals surface area contributed by atoms with Gasteiger partial charge in [0.25, 0.3) is 0 Å². The molecule has 0 aromatic carbocycles. The van der Waals surface area contributed by atoms with Gasteiger partial charge in [-0.25, -0.2) is 0 Å². The molecule has 0 fully saturated rings. The molecule has 12 heavy (non-hydrogen) atoms. The van der Waals surface area contributed by atoms with Crippen LogP contribution < -0.4 is 12.4 Å². The normalized spacial score (nSPS) is 8.50. The van der Waals surface area contributed by atoms with Crippen molar-refractivity contribution in [1.29, 1.82) is 0 Å². The first-order valence-corrected chi connectivity index (χ1v) is 4.71. The van der Waals surface area contributed by atoms with E-state index in [9.17, 15) is 0 Å². The van der Waals surface area contributed by atoms with E-state index < -0.39 is 0 Å². The predicted octanol–water partition coefficient (Wildman–Crippen LogP) is 0.963. The topological polar surface area (TPSA) is 0 Å². The van der Waals surface area contributed by atoms with E-state index in [4.69, 9.17) is 0 Å². The van der Waals surface area contributed by atoms with Crippen molar-refractivity contribution in [3.05, 3.63) is 6.92 Å². The Morgan fingerprint density at radius 2 is 1.25 bits per heavy atom. The Bertz CT molecular complexity index is 49.8. The van der Waals surface area contributed by atoms with Crippen molar-refractivity contribution in [3.63, 3.8) is 0 Å². The first-order chi connectivity index (χ1) is 4.91. The summed E-state index contributed by atoms with van der Waals surface area (Å²) in [6.45, 7) is 6.08. The average molecular weight is 242 g/mol. The molecular formula is C10H21ClZn. The Morgan fingerprint density at radius 3 is 1.67 bits per heavy atom. The van der Waals surface area contributed by atoms with Gasteiger partial charge < -0.3 is 19.3 Å². The monoisotopic (exact) mass is 240 g/mol. The van der Waals surface area contributed by atoms with Crippen molar-refractivity contribution in [1.82, 2.24) is 0 Å². The zero-order valence-electron chi connectivity index (χ0n) is 8.45. The van der Waals surface area contributed by atoms with E-state index in [0.29, 0.717) is 0 Å². The third-order valence-corrected chi connectivity index (χ3v) is 1.85. The maximum absolute atomic E-state index is 3.82. The van der Waals surface area contributed by atoms with Gasteiger partial charge in [0.05, 0.1) is 0 Å². The molecule has 0 amide bonds. The molecule has 0 aliphatic rings. The quantitative estimate of drug-likeness (QED) is 0.354. The third kappa shape index (κ3) is 17.1. The summed E-state index contributed by atoms with van der Waals surface area (Å²) in [6.07, 6.45) is 10.9. The second-order valence-electron chi connectivity index (χ2n) is 2.97. The van der Waals surface area contributed by atoms with Gasteiger partial charge in [0.1, 0.15) is 0 Å². The maximum atomic E-state index is 3.82. The van der Waals surface area contributed by atoms with Gasteiger partial charge in [0, 0.05) is 0 Å². The van der Waals surface area contributed by atoms with E-state index in [1.807, 2.05) is 0 Å². The minimum atomic E-state index is 0. The standard InChI is InChI=1S/C10H21.ClH.Zn/c1-3-5-7-9-10-8-6-4-2;;/h1,3-10H2,2H3;1H;/q-1;;+2/p-1. The molecule has 0 N–H and O–H groups in total. The Labute approximate surface area is 97.1 Å². The minimum Gasteiger partial charge on any atom is -1.00 e. The van der Waals surface area contributed by atoms with Crippen LogP contribution in [0.3, 0.4) is 0 Å². The molecule has 0 radical (unpaired) electrons. The number of hydrogen-bond donors (Lipinski definition) is 0. The molecule has 0 aliphatic carbocycles. The third-order valence-electron chi connectivity index (χ3n) is 1.85. The van der Waals surface area contributed by atoms with Gasteiger partial charge in [-0.2, -0.15) is 6.42 Å². The molecule has 2 heteroatoms. The largest absolute Gasteiger partial charge is 2.00 e. The summed E-state index contributed by atoms with van der Waals surface area (Å²) in [7, 11) is 0. The number of unbranched alkanes of at least 4 members (excludes halogenated alkanes) is 7. The van der Waals surface area contributed by atoms with Crippen LogP contribution in [0.1, 0.15) is 58.3 Å². The molecule has 70 valence electrons. The van der Waals surface area contributed by atoms with Gasteiger partial charge in [-0.15, -0.1) is 0 Å². The number of halogens is 1. The van der Waals surface area contributed by atoms with E-state index in [0.717, 1.165) is 6.42 Å². The zero-order valence-corrected chi connectivity index (χ0v) is 12.2. The molecule has 0 aromatic heterocycles. The molecule has 0 nitrogen and oxygen atoms in total. The molecule has 0 aromatic rings. The fourth-order valence-electron chi connectivity index (χ4n) is 1.13. The summed E-state index contributed by atoms with van der Waals surface area (Å²) in [4.78, 5) is 0. The van der Waals surface area contributed by atoms with Crippen molar-refractivity contribution >= 4 is 0 Å². The van der Waals surface area contributed by atoms with Gasteiger partial charge in [-0.3, -0.25) is 0 Å². The fourth-order valence-corrected chi connectivity index (χ4v) is 1.13. The maximum Gasteiger partial charge on any atom is 2.00 e. The van der Waals surface area contributed by atoms with Crippen molar-refractivity contribution in [3.8, 4) is 0 Å². The van der Waals surface area contributed by atoms with E-state index in [-0.39, 0.29) is 31.9 Å². The van der Waals surface area contributed by atoms with Crippen molar-refractivity contribution in [2.45, 2.75) is 58.3 Å². The van der Waals surface area contributed by atoms with Crippen LogP contribution in [-0.2, 0) is 19.5 Å². The van der Waals surface area contributed by atoms with Gasteiger partial charge in [0.15, 0.2) is 0 Å². The summed E-state index contributed by atoms with van der Waals surface area (Å²) in [5, 5.41) is 0.